The van der Waals surface area contributed by atoms with Crippen molar-refractivity contribution in [2.75, 3.05) is 7.11 Å². The molecule has 20 heavy (non-hydrogen) atoms. The van der Waals surface area contributed by atoms with Crippen molar-refractivity contribution in [2.24, 2.45) is 0 Å². The Balaban J connectivity index is 2.16. The van der Waals surface area contributed by atoms with Gasteiger partial charge >= 0.3 is 5.97 Å². The van der Waals surface area contributed by atoms with Crippen molar-refractivity contribution >= 4 is 11.7 Å². The predicted molar refractivity (Wildman–Crippen MR) is 79.7 cm³/mol. The van der Waals surface area contributed by atoms with Crippen LogP contribution in [0.25, 0.3) is 5.70 Å². The Bertz CT molecular complexity index is 576. The molecule has 0 aliphatic carbocycles. The first-order chi connectivity index (χ1) is 9.79. The predicted octanol–water partition coefficient (Wildman–Crippen LogP) is 2.99. The highest BCUT2D eigenvalue weighted by Crippen LogP contribution is 2.12. The number of rotatable bonds is 5. The largest absolute Gasteiger partial charge is 0.466 e. The summed E-state index contributed by atoms with van der Waals surface area (Å²) in [6.45, 7) is 0.651. The number of hydrogen-bond donors (Lipinski definition) is 1. The lowest BCUT2D eigenvalue weighted by atomic mass is 10.1. The molecule has 0 fully saturated rings. The molecule has 2 aromatic rings. The van der Waals surface area contributed by atoms with E-state index in [1.807, 2.05) is 60.7 Å². The lowest BCUT2D eigenvalue weighted by Gasteiger charge is -2.11. The van der Waals surface area contributed by atoms with Gasteiger partial charge in [0.1, 0.15) is 0 Å². The monoisotopic (exact) mass is 267 g/mol. The summed E-state index contributed by atoms with van der Waals surface area (Å²) in [6, 6.07) is 19.7. The fraction of sp³-hybridized carbons (Fsp3) is 0.118. The third-order valence-electron chi connectivity index (χ3n) is 2.87. The highest BCUT2D eigenvalue weighted by Gasteiger charge is 2.04. The standard InChI is InChI=1S/C17H17NO2/c1-20-17(19)12-16(15-10-6-3-7-11-15)18-13-14-8-4-2-5-9-14/h2-12,18H,13H2,1H3/b16-12+. The van der Waals surface area contributed by atoms with E-state index in [0.29, 0.717) is 6.54 Å². The van der Waals surface area contributed by atoms with Crippen LogP contribution in [0.5, 0.6) is 0 Å². The molecule has 102 valence electrons. The fourth-order valence-corrected chi connectivity index (χ4v) is 1.82. The van der Waals surface area contributed by atoms with Crippen LogP contribution in [-0.2, 0) is 16.1 Å². The summed E-state index contributed by atoms with van der Waals surface area (Å²) >= 11 is 0. The molecule has 0 radical (unpaired) electrons. The Labute approximate surface area is 118 Å². The SMILES string of the molecule is COC(=O)/C=C(/NCc1ccccc1)c1ccccc1. The van der Waals surface area contributed by atoms with Gasteiger partial charge in [-0.3, -0.25) is 0 Å². The van der Waals surface area contributed by atoms with E-state index in [0.717, 1.165) is 16.8 Å². The van der Waals surface area contributed by atoms with Gasteiger partial charge in [0.25, 0.3) is 0 Å². The lowest BCUT2D eigenvalue weighted by molar-refractivity contribution is -0.134. The Hall–Kier alpha value is -2.55. The summed E-state index contributed by atoms with van der Waals surface area (Å²) < 4.78 is 4.70. The van der Waals surface area contributed by atoms with Crippen LogP contribution in [0.1, 0.15) is 11.1 Å². The first-order valence-corrected chi connectivity index (χ1v) is 6.42. The molecule has 1 N–H and O–H groups in total. The van der Waals surface area contributed by atoms with Crippen molar-refractivity contribution in [3.05, 3.63) is 77.9 Å². The van der Waals surface area contributed by atoms with Gasteiger partial charge < -0.3 is 10.1 Å². The number of hydrogen-bond acceptors (Lipinski definition) is 3. The zero-order valence-corrected chi connectivity index (χ0v) is 11.4. The van der Waals surface area contributed by atoms with Gasteiger partial charge in [-0.15, -0.1) is 0 Å². The van der Waals surface area contributed by atoms with E-state index in [4.69, 9.17) is 4.74 Å². The van der Waals surface area contributed by atoms with Crippen molar-refractivity contribution < 1.29 is 9.53 Å². The second-order valence-electron chi connectivity index (χ2n) is 4.29. The summed E-state index contributed by atoms with van der Waals surface area (Å²) in [5, 5.41) is 3.28. The van der Waals surface area contributed by atoms with Crippen molar-refractivity contribution in [3.8, 4) is 0 Å². The number of ether oxygens (including phenoxy) is 1. The number of nitrogens with one attached hydrogen (secondary N) is 1. The summed E-state index contributed by atoms with van der Waals surface area (Å²) in [5.41, 5.74) is 2.86. The van der Waals surface area contributed by atoms with Crippen LogP contribution in [-0.4, -0.2) is 13.1 Å². The van der Waals surface area contributed by atoms with Crippen molar-refractivity contribution in [2.45, 2.75) is 6.54 Å². The third-order valence-corrected chi connectivity index (χ3v) is 2.87. The molecule has 2 aromatic carbocycles. The second kappa shape index (κ2) is 7.14. The Morgan fingerprint density at radius 3 is 2.25 bits per heavy atom. The van der Waals surface area contributed by atoms with Crippen LogP contribution in [0.4, 0.5) is 0 Å². The van der Waals surface area contributed by atoms with Gasteiger partial charge in [-0.25, -0.2) is 4.79 Å². The normalized spacial score (nSPS) is 10.9. The first-order valence-electron chi connectivity index (χ1n) is 6.42. The van der Waals surface area contributed by atoms with E-state index in [2.05, 4.69) is 5.32 Å². The molecule has 0 amide bonds. The molecule has 0 heterocycles. The van der Waals surface area contributed by atoms with Crippen LogP contribution in [0.3, 0.4) is 0 Å². The summed E-state index contributed by atoms with van der Waals surface area (Å²) in [7, 11) is 1.37. The number of benzene rings is 2. The molecule has 0 saturated heterocycles. The highest BCUT2D eigenvalue weighted by molar-refractivity contribution is 5.90. The molecule has 0 atom stereocenters. The van der Waals surface area contributed by atoms with E-state index in [1.165, 1.54) is 13.2 Å². The maximum absolute atomic E-state index is 11.5. The molecular formula is C17H17NO2. The van der Waals surface area contributed by atoms with Crippen LogP contribution in [0.15, 0.2) is 66.7 Å². The van der Waals surface area contributed by atoms with E-state index < -0.39 is 0 Å². The number of carbonyl (C=O) groups excluding carboxylic acids is 1. The Morgan fingerprint density at radius 1 is 1.05 bits per heavy atom. The molecular weight excluding hydrogens is 250 g/mol. The number of methoxy groups -OCH3 is 1. The van der Waals surface area contributed by atoms with Crippen LogP contribution >= 0.6 is 0 Å². The third kappa shape index (κ3) is 3.99. The average Bonchev–Trinajstić information content (AvgIpc) is 2.53. The average molecular weight is 267 g/mol. The second-order valence-corrected chi connectivity index (χ2v) is 4.29. The number of esters is 1. The minimum absolute atomic E-state index is 0.371. The van der Waals surface area contributed by atoms with E-state index in [1.54, 1.807) is 0 Å². The van der Waals surface area contributed by atoms with E-state index in [-0.39, 0.29) is 5.97 Å². The summed E-state index contributed by atoms with van der Waals surface area (Å²) in [5.74, 6) is -0.371. The Kier molecular flexibility index (Phi) is 4.95. The number of carbonyl (C=O) groups is 1. The molecule has 3 nitrogen and oxygen atoms in total. The molecule has 0 bridgehead atoms. The van der Waals surface area contributed by atoms with Gasteiger partial charge in [-0.05, 0) is 11.1 Å². The van der Waals surface area contributed by atoms with Crippen molar-refractivity contribution in [1.29, 1.82) is 0 Å². The van der Waals surface area contributed by atoms with Crippen LogP contribution in [0, 0.1) is 0 Å². The van der Waals surface area contributed by atoms with Gasteiger partial charge in [0.2, 0.25) is 0 Å². The molecule has 3 heteroatoms. The molecule has 0 aliphatic heterocycles. The Morgan fingerprint density at radius 2 is 1.65 bits per heavy atom. The first kappa shape index (κ1) is 13.9. The smallest absolute Gasteiger partial charge is 0.332 e. The molecule has 0 unspecified atom stereocenters. The van der Waals surface area contributed by atoms with Gasteiger partial charge in [-0.1, -0.05) is 60.7 Å². The minimum Gasteiger partial charge on any atom is -0.466 e. The molecule has 0 saturated carbocycles. The van der Waals surface area contributed by atoms with Gasteiger partial charge in [-0.2, -0.15) is 0 Å². The highest BCUT2D eigenvalue weighted by atomic mass is 16.5. The maximum Gasteiger partial charge on any atom is 0.332 e. The summed E-state index contributed by atoms with van der Waals surface area (Å²) in [4.78, 5) is 11.5. The van der Waals surface area contributed by atoms with Crippen molar-refractivity contribution in [1.82, 2.24) is 5.32 Å². The van der Waals surface area contributed by atoms with Crippen molar-refractivity contribution in [3.63, 3.8) is 0 Å². The molecule has 0 aromatic heterocycles. The van der Waals surface area contributed by atoms with Gasteiger partial charge in [0.15, 0.2) is 0 Å². The quantitative estimate of drug-likeness (QED) is 0.668. The molecule has 0 spiro atoms. The zero-order chi connectivity index (χ0) is 14.2. The molecule has 2 rings (SSSR count). The van der Waals surface area contributed by atoms with Gasteiger partial charge in [0, 0.05) is 18.3 Å². The molecule has 0 aliphatic rings. The fourth-order valence-electron chi connectivity index (χ4n) is 1.82. The van der Waals surface area contributed by atoms with Gasteiger partial charge in [0.05, 0.1) is 7.11 Å². The van der Waals surface area contributed by atoms with E-state index in [9.17, 15) is 4.79 Å². The minimum atomic E-state index is -0.371. The van der Waals surface area contributed by atoms with Crippen LogP contribution < -0.4 is 5.32 Å². The maximum atomic E-state index is 11.5. The van der Waals surface area contributed by atoms with Crippen LogP contribution in [0.2, 0.25) is 0 Å². The zero-order valence-electron chi connectivity index (χ0n) is 11.4. The topological polar surface area (TPSA) is 38.3 Å². The lowest BCUT2D eigenvalue weighted by Crippen LogP contribution is -2.13. The summed E-state index contributed by atoms with van der Waals surface area (Å²) in [6.07, 6.45) is 1.47. The van der Waals surface area contributed by atoms with E-state index >= 15 is 0 Å².